The van der Waals surface area contributed by atoms with Crippen LogP contribution in [-0.4, -0.2) is 28.8 Å². The number of aromatic nitrogens is 3. The number of H-pyrrole nitrogens is 1. The summed E-state index contributed by atoms with van der Waals surface area (Å²) in [5.41, 5.74) is 6.00. The maximum Gasteiger partial charge on any atom is 0.258 e. The van der Waals surface area contributed by atoms with Crippen LogP contribution in [0.4, 0.5) is 5.69 Å². The van der Waals surface area contributed by atoms with E-state index in [1.165, 1.54) is 0 Å². The Morgan fingerprint density at radius 1 is 1.10 bits per heavy atom. The number of aromatic amines is 1. The Balaban J connectivity index is 1.93. The predicted molar refractivity (Wildman–Crippen MR) is 114 cm³/mol. The molecule has 6 nitrogen and oxygen atoms in total. The highest BCUT2D eigenvalue weighted by molar-refractivity contribution is 6.00. The number of nitrogens with zero attached hydrogens (tertiary/aromatic N) is 3. The van der Waals surface area contributed by atoms with Gasteiger partial charge in [-0.25, -0.2) is 0 Å². The Morgan fingerprint density at radius 3 is 2.52 bits per heavy atom. The molecule has 150 valence electrons. The van der Waals surface area contributed by atoms with E-state index in [1.807, 2.05) is 55.1 Å². The highest BCUT2D eigenvalue weighted by Gasteiger charge is 2.34. The molecule has 0 atom stereocenters. The molecule has 0 bridgehead atoms. The molecule has 0 unspecified atom stereocenters. The molecule has 0 fully saturated rings. The molecule has 0 saturated heterocycles. The lowest BCUT2D eigenvalue weighted by atomic mass is 9.95. The normalized spacial score (nSPS) is 13.0. The van der Waals surface area contributed by atoms with Crippen LogP contribution < -0.4 is 14.9 Å². The number of anilines is 1. The number of carbonyl (C=O) groups excluding carboxylic acids is 1. The minimum absolute atomic E-state index is 0.0525. The van der Waals surface area contributed by atoms with Gasteiger partial charge in [0.2, 0.25) is 11.6 Å². The summed E-state index contributed by atoms with van der Waals surface area (Å²) in [6, 6.07) is 16.8. The number of rotatable bonds is 4. The lowest BCUT2D eigenvalue weighted by Gasteiger charge is -2.27. The quantitative estimate of drug-likeness (QED) is 0.671. The van der Waals surface area contributed by atoms with Crippen molar-refractivity contribution >= 4 is 11.6 Å². The van der Waals surface area contributed by atoms with Crippen LogP contribution in [0.15, 0.2) is 48.5 Å². The lowest BCUT2D eigenvalue weighted by molar-refractivity contribution is -0.761. The molecule has 2 heterocycles. The molecule has 1 aromatic heterocycles. The Morgan fingerprint density at radius 2 is 1.79 bits per heavy atom. The third kappa shape index (κ3) is 3.56. The minimum Gasteiger partial charge on any atom is -0.306 e. The SMILES string of the molecule is CC(C)NCC(=O)N1Cc2ccccc2-c2c(n[nH][n+]2C(C)C)-c2ccccc21. The van der Waals surface area contributed by atoms with Crippen LogP contribution in [-0.2, 0) is 11.3 Å². The number of nitrogens with one attached hydrogen (secondary N) is 2. The van der Waals surface area contributed by atoms with Crippen LogP contribution in [0.5, 0.6) is 0 Å². The largest absolute Gasteiger partial charge is 0.306 e. The zero-order chi connectivity index (χ0) is 20.5. The van der Waals surface area contributed by atoms with E-state index in [0.29, 0.717) is 13.1 Å². The van der Waals surface area contributed by atoms with Gasteiger partial charge in [0.15, 0.2) is 0 Å². The van der Waals surface area contributed by atoms with Gasteiger partial charge in [-0.1, -0.05) is 55.5 Å². The summed E-state index contributed by atoms with van der Waals surface area (Å²) >= 11 is 0. The first-order chi connectivity index (χ1) is 14.0. The summed E-state index contributed by atoms with van der Waals surface area (Å²) in [5.74, 6) is 0.0525. The molecule has 4 rings (SSSR count). The summed E-state index contributed by atoms with van der Waals surface area (Å²) in [6.45, 7) is 9.19. The molecule has 6 heteroatoms. The van der Waals surface area contributed by atoms with E-state index in [-0.39, 0.29) is 18.0 Å². The van der Waals surface area contributed by atoms with Gasteiger partial charge in [0.25, 0.3) is 5.69 Å². The molecular formula is C23H28N5O+. The van der Waals surface area contributed by atoms with Crippen molar-refractivity contribution in [1.29, 1.82) is 0 Å². The first-order valence-corrected chi connectivity index (χ1v) is 10.2. The van der Waals surface area contributed by atoms with Crippen molar-refractivity contribution in [3.63, 3.8) is 0 Å². The van der Waals surface area contributed by atoms with Crippen molar-refractivity contribution in [2.45, 2.75) is 46.3 Å². The van der Waals surface area contributed by atoms with E-state index >= 15 is 0 Å². The Labute approximate surface area is 171 Å². The smallest absolute Gasteiger partial charge is 0.258 e. The van der Waals surface area contributed by atoms with Gasteiger partial charge in [-0.05, 0) is 31.5 Å². The Bertz CT molecular complexity index is 1040. The molecule has 0 saturated carbocycles. The molecule has 0 radical (unpaired) electrons. The van der Waals surface area contributed by atoms with E-state index in [0.717, 1.165) is 33.8 Å². The number of carbonyl (C=O) groups is 1. The first kappa shape index (κ1) is 19.3. The molecule has 2 aromatic carbocycles. The second-order valence-electron chi connectivity index (χ2n) is 8.06. The molecule has 1 aliphatic heterocycles. The second-order valence-corrected chi connectivity index (χ2v) is 8.06. The number of benzene rings is 2. The topological polar surface area (TPSA) is 64.9 Å². The maximum atomic E-state index is 13.2. The van der Waals surface area contributed by atoms with Gasteiger partial charge in [0, 0.05) is 16.7 Å². The fourth-order valence-electron chi connectivity index (χ4n) is 3.80. The van der Waals surface area contributed by atoms with Gasteiger partial charge in [0.1, 0.15) is 6.04 Å². The van der Waals surface area contributed by atoms with E-state index in [1.54, 1.807) is 0 Å². The van der Waals surface area contributed by atoms with Crippen LogP contribution >= 0.6 is 0 Å². The molecule has 1 amide bonds. The van der Waals surface area contributed by atoms with Gasteiger partial charge in [-0.2, -0.15) is 4.68 Å². The average molecular weight is 391 g/mol. The molecule has 3 aromatic rings. The van der Waals surface area contributed by atoms with Crippen LogP contribution in [0, 0.1) is 0 Å². The van der Waals surface area contributed by atoms with Crippen LogP contribution in [0.3, 0.4) is 0 Å². The number of fused-ring (bicyclic) bond motifs is 5. The molecule has 2 N–H and O–H groups in total. The average Bonchev–Trinajstić information content (AvgIpc) is 3.14. The zero-order valence-electron chi connectivity index (χ0n) is 17.4. The molecular weight excluding hydrogens is 362 g/mol. The Kier molecular flexibility index (Phi) is 5.20. The van der Waals surface area contributed by atoms with E-state index < -0.39 is 0 Å². The van der Waals surface area contributed by atoms with Crippen LogP contribution in [0.25, 0.3) is 22.5 Å². The number of amides is 1. The van der Waals surface area contributed by atoms with Gasteiger partial charge < -0.3 is 10.2 Å². The lowest BCUT2D eigenvalue weighted by Crippen LogP contribution is -2.42. The third-order valence-corrected chi connectivity index (χ3v) is 5.26. The maximum absolute atomic E-state index is 13.2. The third-order valence-electron chi connectivity index (χ3n) is 5.26. The number of para-hydroxylation sites is 1. The van der Waals surface area contributed by atoms with E-state index in [2.05, 4.69) is 46.3 Å². The summed E-state index contributed by atoms with van der Waals surface area (Å²) < 4.78 is 2.10. The summed E-state index contributed by atoms with van der Waals surface area (Å²) in [6.07, 6.45) is 0. The van der Waals surface area contributed by atoms with Crippen molar-refractivity contribution in [2.75, 3.05) is 11.4 Å². The molecule has 1 aliphatic rings. The van der Waals surface area contributed by atoms with Crippen molar-refractivity contribution in [2.24, 2.45) is 0 Å². The second kappa shape index (κ2) is 7.79. The van der Waals surface area contributed by atoms with E-state index in [4.69, 9.17) is 0 Å². The van der Waals surface area contributed by atoms with Crippen molar-refractivity contribution in [3.05, 3.63) is 54.1 Å². The number of hydrogen-bond acceptors (Lipinski definition) is 3. The standard InChI is InChI=1S/C23H27N5O/c1-15(2)24-13-21(29)27-14-17-9-5-6-10-18(17)23-22(25-26-28(23)16(3)4)19-11-7-8-12-20(19)27/h5-12,15-16,24H,13-14H2,1-4H3/p+1. The highest BCUT2D eigenvalue weighted by Crippen LogP contribution is 2.39. The van der Waals surface area contributed by atoms with Crippen molar-refractivity contribution in [3.8, 4) is 22.5 Å². The highest BCUT2D eigenvalue weighted by atomic mass is 16.2. The van der Waals surface area contributed by atoms with Crippen LogP contribution in [0.2, 0.25) is 0 Å². The summed E-state index contributed by atoms with van der Waals surface area (Å²) in [7, 11) is 0. The monoisotopic (exact) mass is 390 g/mol. The number of hydrogen-bond donors (Lipinski definition) is 2. The van der Waals surface area contributed by atoms with Gasteiger partial charge >= 0.3 is 0 Å². The fraction of sp³-hybridized carbons (Fsp3) is 0.348. The van der Waals surface area contributed by atoms with Gasteiger partial charge in [0.05, 0.1) is 24.3 Å². The minimum atomic E-state index is 0.0525. The molecule has 29 heavy (non-hydrogen) atoms. The van der Waals surface area contributed by atoms with E-state index in [9.17, 15) is 4.79 Å². The predicted octanol–water partition coefficient (Wildman–Crippen LogP) is 3.46. The van der Waals surface area contributed by atoms with Crippen molar-refractivity contribution in [1.82, 2.24) is 15.6 Å². The van der Waals surface area contributed by atoms with Crippen molar-refractivity contribution < 1.29 is 9.48 Å². The zero-order valence-corrected chi connectivity index (χ0v) is 17.4. The van der Waals surface area contributed by atoms with Gasteiger partial charge in [-0.15, -0.1) is 0 Å². The first-order valence-electron chi connectivity index (χ1n) is 10.2. The molecule has 0 aliphatic carbocycles. The fourth-order valence-corrected chi connectivity index (χ4v) is 3.80. The summed E-state index contributed by atoms with van der Waals surface area (Å²) in [5, 5.41) is 11.1. The summed E-state index contributed by atoms with van der Waals surface area (Å²) in [4.78, 5) is 15.1. The molecule has 0 spiro atoms. The Hall–Kier alpha value is -2.99. The van der Waals surface area contributed by atoms with Crippen LogP contribution in [0.1, 0.15) is 39.3 Å². The van der Waals surface area contributed by atoms with Gasteiger partial charge in [-0.3, -0.25) is 4.79 Å².